The Kier molecular flexibility index (Phi) is 2.92. The lowest BCUT2D eigenvalue weighted by Crippen LogP contribution is -2.58. The van der Waals surface area contributed by atoms with Crippen LogP contribution in [0.2, 0.25) is 0 Å². The van der Waals surface area contributed by atoms with Crippen molar-refractivity contribution in [2.75, 3.05) is 0 Å². The minimum atomic E-state index is -0.601. The molecule has 0 heterocycles. The second kappa shape index (κ2) is 4.36. The van der Waals surface area contributed by atoms with Crippen molar-refractivity contribution in [3.05, 3.63) is 0 Å². The molecule has 0 saturated heterocycles. The van der Waals surface area contributed by atoms with Gasteiger partial charge in [-0.1, -0.05) is 13.3 Å². The van der Waals surface area contributed by atoms with Gasteiger partial charge in [0.05, 0.1) is 5.41 Å². The summed E-state index contributed by atoms with van der Waals surface area (Å²) in [7, 11) is 0. The van der Waals surface area contributed by atoms with Crippen molar-refractivity contribution in [3.8, 4) is 0 Å². The second-order valence-corrected chi connectivity index (χ2v) is 9.21. The zero-order valence-corrected chi connectivity index (χ0v) is 13.9. The van der Waals surface area contributed by atoms with E-state index in [4.69, 9.17) is 0 Å². The van der Waals surface area contributed by atoms with Gasteiger partial charge in [-0.3, -0.25) is 9.59 Å². The summed E-state index contributed by atoms with van der Waals surface area (Å²) in [6.07, 6.45) is 9.20. The Bertz CT molecular complexity index is 541. The zero-order chi connectivity index (χ0) is 15.8. The molecule has 6 atom stereocenters. The summed E-state index contributed by atoms with van der Waals surface area (Å²) >= 11 is 0. The van der Waals surface area contributed by atoms with E-state index in [0.717, 1.165) is 57.8 Å². The average Bonchev–Trinajstić information content (AvgIpc) is 2.68. The van der Waals surface area contributed by atoms with Crippen molar-refractivity contribution in [1.29, 1.82) is 0 Å². The first-order valence-corrected chi connectivity index (χ1v) is 9.08. The Morgan fingerprint density at radius 2 is 1.86 bits per heavy atom. The van der Waals surface area contributed by atoms with Crippen LogP contribution in [0.1, 0.15) is 71.6 Å². The fourth-order valence-electron chi connectivity index (χ4n) is 7.43. The SMILES string of the molecule is C[C@]12CCC[C@@](C)(C(=O)O)[C@@H]1CC[C@@]13CC(=O)[C@@H](CC[C@@H]12)C3. The van der Waals surface area contributed by atoms with Gasteiger partial charge in [-0.05, 0) is 74.5 Å². The molecule has 2 bridgehead atoms. The predicted molar refractivity (Wildman–Crippen MR) is 83.3 cm³/mol. The van der Waals surface area contributed by atoms with Gasteiger partial charge in [0.1, 0.15) is 5.78 Å². The highest BCUT2D eigenvalue weighted by Crippen LogP contribution is 2.70. The number of ketones is 1. The second-order valence-electron chi connectivity index (χ2n) is 9.21. The molecule has 4 saturated carbocycles. The van der Waals surface area contributed by atoms with E-state index in [9.17, 15) is 14.7 Å². The average molecular weight is 304 g/mol. The molecule has 1 N–H and O–H groups in total. The monoisotopic (exact) mass is 304 g/mol. The first kappa shape index (κ1) is 14.7. The molecule has 0 unspecified atom stereocenters. The number of hydrogen-bond acceptors (Lipinski definition) is 2. The maximum Gasteiger partial charge on any atom is 0.309 e. The summed E-state index contributed by atoms with van der Waals surface area (Å²) in [6.45, 7) is 4.35. The predicted octanol–water partition coefficient (Wildman–Crippen LogP) is 4.05. The van der Waals surface area contributed by atoms with Gasteiger partial charge in [-0.25, -0.2) is 0 Å². The standard InChI is InChI=1S/C19H28O3/c1-17-7-3-8-18(2,16(21)22)14(17)6-9-19-10-12(13(20)11-19)4-5-15(17)19/h12,14-15H,3-11H2,1-2H3,(H,21,22)/t12-,14+,15+,17-,18+,19+/m0/s1. The third-order valence-electron chi connectivity index (χ3n) is 8.37. The number of carbonyl (C=O) groups excluding carboxylic acids is 1. The smallest absolute Gasteiger partial charge is 0.309 e. The van der Waals surface area contributed by atoms with Gasteiger partial charge in [0.2, 0.25) is 0 Å². The number of carboxylic acids is 1. The van der Waals surface area contributed by atoms with Gasteiger partial charge in [-0.2, -0.15) is 0 Å². The van der Waals surface area contributed by atoms with E-state index in [0.29, 0.717) is 17.6 Å². The summed E-state index contributed by atoms with van der Waals surface area (Å²) in [4.78, 5) is 24.3. The molecule has 0 amide bonds. The Morgan fingerprint density at radius 1 is 1.09 bits per heavy atom. The molecule has 4 aliphatic carbocycles. The molecule has 0 aromatic heterocycles. The molecule has 3 nitrogen and oxygen atoms in total. The number of carbonyl (C=O) groups is 2. The van der Waals surface area contributed by atoms with Crippen LogP contribution in [0.5, 0.6) is 0 Å². The minimum absolute atomic E-state index is 0.124. The third-order valence-corrected chi connectivity index (χ3v) is 8.37. The van der Waals surface area contributed by atoms with Crippen molar-refractivity contribution in [1.82, 2.24) is 0 Å². The van der Waals surface area contributed by atoms with Gasteiger partial charge in [0.15, 0.2) is 0 Å². The van der Waals surface area contributed by atoms with E-state index in [1.807, 2.05) is 6.92 Å². The summed E-state index contributed by atoms with van der Waals surface area (Å²) in [5.74, 6) is 1.08. The molecule has 4 rings (SSSR count). The summed E-state index contributed by atoms with van der Waals surface area (Å²) in [5, 5.41) is 9.86. The highest BCUT2D eigenvalue weighted by molar-refractivity contribution is 5.84. The summed E-state index contributed by atoms with van der Waals surface area (Å²) in [5.41, 5.74) is -0.213. The van der Waals surface area contributed by atoms with Crippen molar-refractivity contribution in [2.24, 2.45) is 34.0 Å². The molecule has 0 aliphatic heterocycles. The Morgan fingerprint density at radius 3 is 2.59 bits per heavy atom. The van der Waals surface area contributed by atoms with E-state index >= 15 is 0 Å². The molecule has 122 valence electrons. The number of carboxylic acid groups (broad SMARTS) is 1. The lowest BCUT2D eigenvalue weighted by molar-refractivity contribution is -0.181. The Labute approximate surface area is 132 Å². The highest BCUT2D eigenvalue weighted by atomic mass is 16.4. The lowest BCUT2D eigenvalue weighted by Gasteiger charge is -2.63. The molecule has 0 radical (unpaired) electrons. The zero-order valence-electron chi connectivity index (χ0n) is 13.9. The molecule has 4 fully saturated rings. The Hall–Kier alpha value is -0.860. The molecule has 1 spiro atoms. The first-order valence-electron chi connectivity index (χ1n) is 9.08. The van der Waals surface area contributed by atoms with E-state index in [2.05, 4.69) is 6.92 Å². The largest absolute Gasteiger partial charge is 0.481 e. The number of fused-ring (bicyclic) bond motifs is 3. The van der Waals surface area contributed by atoms with Crippen molar-refractivity contribution < 1.29 is 14.7 Å². The molecule has 3 heteroatoms. The maximum atomic E-state index is 12.3. The molecule has 0 aromatic rings. The summed E-state index contributed by atoms with van der Waals surface area (Å²) < 4.78 is 0. The quantitative estimate of drug-likeness (QED) is 0.795. The lowest BCUT2D eigenvalue weighted by atomic mass is 9.41. The first-order chi connectivity index (χ1) is 10.3. The van der Waals surface area contributed by atoms with Crippen LogP contribution < -0.4 is 0 Å². The van der Waals surface area contributed by atoms with Crippen LogP contribution in [-0.2, 0) is 9.59 Å². The highest BCUT2D eigenvalue weighted by Gasteiger charge is 2.65. The normalized spacial score (nSPS) is 53.7. The fourth-order valence-corrected chi connectivity index (χ4v) is 7.43. The minimum Gasteiger partial charge on any atom is -0.481 e. The van der Waals surface area contributed by atoms with Crippen molar-refractivity contribution in [3.63, 3.8) is 0 Å². The molecule has 0 aromatic carbocycles. The van der Waals surface area contributed by atoms with Crippen LogP contribution in [0.25, 0.3) is 0 Å². The number of hydrogen-bond donors (Lipinski definition) is 1. The van der Waals surface area contributed by atoms with Gasteiger partial charge in [0, 0.05) is 12.3 Å². The molecule has 4 aliphatic rings. The van der Waals surface area contributed by atoms with Crippen LogP contribution >= 0.6 is 0 Å². The van der Waals surface area contributed by atoms with E-state index in [-0.39, 0.29) is 16.7 Å². The fraction of sp³-hybridized carbons (Fsp3) is 0.895. The van der Waals surface area contributed by atoms with Crippen LogP contribution in [0.3, 0.4) is 0 Å². The van der Waals surface area contributed by atoms with Gasteiger partial charge < -0.3 is 5.11 Å². The van der Waals surface area contributed by atoms with Crippen LogP contribution in [0.15, 0.2) is 0 Å². The molecular formula is C19H28O3. The maximum absolute atomic E-state index is 12.3. The third kappa shape index (κ3) is 1.63. The number of Topliss-reactive ketones (excluding diaryl/α,β-unsaturated/α-hetero) is 1. The van der Waals surface area contributed by atoms with Crippen LogP contribution in [0.4, 0.5) is 0 Å². The summed E-state index contributed by atoms with van der Waals surface area (Å²) in [6, 6.07) is 0. The van der Waals surface area contributed by atoms with Gasteiger partial charge in [0.25, 0.3) is 0 Å². The Balaban J connectivity index is 1.75. The molecule has 22 heavy (non-hydrogen) atoms. The van der Waals surface area contributed by atoms with Crippen molar-refractivity contribution >= 4 is 11.8 Å². The van der Waals surface area contributed by atoms with Crippen LogP contribution in [-0.4, -0.2) is 16.9 Å². The van der Waals surface area contributed by atoms with E-state index < -0.39 is 11.4 Å². The van der Waals surface area contributed by atoms with Crippen molar-refractivity contribution in [2.45, 2.75) is 71.6 Å². The molecular weight excluding hydrogens is 276 g/mol. The van der Waals surface area contributed by atoms with Gasteiger partial charge in [-0.15, -0.1) is 0 Å². The van der Waals surface area contributed by atoms with E-state index in [1.165, 1.54) is 0 Å². The van der Waals surface area contributed by atoms with E-state index in [1.54, 1.807) is 0 Å². The number of rotatable bonds is 1. The number of aliphatic carboxylic acids is 1. The van der Waals surface area contributed by atoms with Crippen LogP contribution in [0, 0.1) is 34.0 Å². The van der Waals surface area contributed by atoms with Gasteiger partial charge >= 0.3 is 5.97 Å². The topological polar surface area (TPSA) is 54.4 Å².